The quantitative estimate of drug-likeness (QED) is 0.236. The predicted octanol–water partition coefficient (Wildman–Crippen LogP) is 5.91. The van der Waals surface area contributed by atoms with Gasteiger partial charge < -0.3 is 19.1 Å². The minimum absolute atomic E-state index is 0.0164. The molecule has 0 aliphatic carbocycles. The van der Waals surface area contributed by atoms with Gasteiger partial charge in [-0.1, -0.05) is 18.2 Å². The maximum Gasteiger partial charge on any atom is 0.335 e. The number of halogens is 2. The number of aromatic carboxylic acids is 1. The van der Waals surface area contributed by atoms with Gasteiger partial charge in [0, 0.05) is 30.2 Å². The highest BCUT2D eigenvalue weighted by Gasteiger charge is 2.23. The number of rotatable bonds is 9. The van der Waals surface area contributed by atoms with Crippen molar-refractivity contribution in [1.82, 2.24) is 14.5 Å². The number of ether oxygens (including phenoxy) is 2. The van der Waals surface area contributed by atoms with E-state index in [-0.39, 0.29) is 40.8 Å². The van der Waals surface area contributed by atoms with Gasteiger partial charge in [0.15, 0.2) is 0 Å². The van der Waals surface area contributed by atoms with Crippen molar-refractivity contribution in [3.05, 3.63) is 113 Å². The van der Waals surface area contributed by atoms with Crippen LogP contribution in [0.1, 0.15) is 39.3 Å². The molecule has 0 radical (unpaired) electrons. The van der Waals surface area contributed by atoms with Crippen LogP contribution < -0.4 is 4.74 Å². The zero-order valence-electron chi connectivity index (χ0n) is 22.3. The number of carboxylic acids is 1. The van der Waals surface area contributed by atoms with Crippen LogP contribution in [0.2, 0.25) is 0 Å². The minimum atomic E-state index is -1.02. The van der Waals surface area contributed by atoms with Gasteiger partial charge in [-0.15, -0.1) is 0 Å². The van der Waals surface area contributed by atoms with E-state index in [0.717, 1.165) is 12.5 Å². The molecule has 1 atom stereocenters. The van der Waals surface area contributed by atoms with Gasteiger partial charge in [-0.05, 0) is 60.5 Å². The lowest BCUT2D eigenvalue weighted by Gasteiger charge is -2.27. The Labute approximate surface area is 239 Å². The van der Waals surface area contributed by atoms with Gasteiger partial charge in [-0.2, -0.15) is 5.26 Å². The Bertz CT molecular complexity index is 1860. The molecule has 6 rings (SSSR count). The van der Waals surface area contributed by atoms with E-state index in [9.17, 15) is 14.3 Å². The number of carbonyl (C=O) groups is 1. The van der Waals surface area contributed by atoms with Crippen molar-refractivity contribution in [2.75, 3.05) is 6.61 Å². The zero-order chi connectivity index (χ0) is 29.2. The number of nitriles is 1. The average molecular weight is 567 g/mol. The fourth-order valence-electron chi connectivity index (χ4n) is 4.87. The second-order valence-corrected chi connectivity index (χ2v) is 9.99. The molecule has 0 saturated carbocycles. The smallest absolute Gasteiger partial charge is 0.335 e. The van der Waals surface area contributed by atoms with E-state index in [1.54, 1.807) is 42.5 Å². The van der Waals surface area contributed by atoms with Gasteiger partial charge >= 0.3 is 5.97 Å². The molecule has 5 aromatic rings. The molecule has 0 amide bonds. The van der Waals surface area contributed by atoms with Crippen molar-refractivity contribution in [3.63, 3.8) is 0 Å². The summed E-state index contributed by atoms with van der Waals surface area (Å²) in [6, 6.07) is 20.6. The first-order chi connectivity index (χ1) is 20.4. The number of hydrogen-bond acceptors (Lipinski definition) is 6. The number of nitrogens with zero attached hydrogens (tertiary/aromatic N) is 4. The van der Waals surface area contributed by atoms with Gasteiger partial charge in [0.25, 0.3) is 0 Å². The molecule has 0 spiro atoms. The molecule has 1 saturated heterocycles. The highest BCUT2D eigenvalue weighted by Crippen LogP contribution is 2.27. The van der Waals surface area contributed by atoms with Crippen molar-refractivity contribution in [2.45, 2.75) is 32.1 Å². The van der Waals surface area contributed by atoms with Crippen LogP contribution in [0.3, 0.4) is 0 Å². The number of imidazole rings is 1. The van der Waals surface area contributed by atoms with E-state index < -0.39 is 17.6 Å². The van der Waals surface area contributed by atoms with E-state index in [1.165, 1.54) is 24.3 Å². The molecule has 1 unspecified atom stereocenters. The van der Waals surface area contributed by atoms with Gasteiger partial charge in [0.05, 0.1) is 46.6 Å². The summed E-state index contributed by atoms with van der Waals surface area (Å²) in [5.74, 6) is -1.17. The fraction of sp³-hybridized carbons (Fsp3) is 0.188. The summed E-state index contributed by atoms with van der Waals surface area (Å²) in [6.45, 7) is 1.11. The highest BCUT2D eigenvalue weighted by molar-refractivity contribution is 5.92. The Balaban J connectivity index is 1.23. The monoisotopic (exact) mass is 566 g/mol. The van der Waals surface area contributed by atoms with Crippen molar-refractivity contribution in [1.29, 1.82) is 5.26 Å². The molecule has 3 aromatic carbocycles. The van der Waals surface area contributed by atoms with Crippen LogP contribution in [-0.2, 0) is 24.3 Å². The molecule has 42 heavy (non-hydrogen) atoms. The van der Waals surface area contributed by atoms with Gasteiger partial charge in [-0.3, -0.25) is 0 Å². The second kappa shape index (κ2) is 11.4. The minimum Gasteiger partial charge on any atom is -0.478 e. The topological polar surface area (TPSA) is 110 Å². The first-order valence-corrected chi connectivity index (χ1v) is 13.3. The summed E-state index contributed by atoms with van der Waals surface area (Å²) in [6.07, 6.45) is 1.25. The van der Waals surface area contributed by atoms with Crippen LogP contribution in [0.5, 0.6) is 5.88 Å². The zero-order valence-corrected chi connectivity index (χ0v) is 22.3. The van der Waals surface area contributed by atoms with E-state index in [4.69, 9.17) is 19.7 Å². The third-order valence-corrected chi connectivity index (χ3v) is 7.21. The largest absolute Gasteiger partial charge is 0.478 e. The number of fused-ring (bicyclic) bond motifs is 1. The van der Waals surface area contributed by atoms with Crippen LogP contribution in [0.4, 0.5) is 8.78 Å². The summed E-state index contributed by atoms with van der Waals surface area (Å²) in [7, 11) is 0. The SMILES string of the molecule is N#Cc1ccc(COc2cccc(-c3ccc(Cc4nc5ccc(C(=O)O)cc5n4CC4CCO4)cc3F)n2)c(F)c1. The molecule has 3 heterocycles. The van der Waals surface area contributed by atoms with Crippen molar-refractivity contribution >= 4 is 17.0 Å². The first kappa shape index (κ1) is 27.1. The number of pyridine rings is 1. The molecular weight excluding hydrogens is 542 g/mol. The summed E-state index contributed by atoms with van der Waals surface area (Å²) in [5.41, 5.74) is 3.32. The van der Waals surface area contributed by atoms with Crippen LogP contribution >= 0.6 is 0 Å². The van der Waals surface area contributed by atoms with Crippen molar-refractivity contribution in [2.24, 2.45) is 0 Å². The maximum absolute atomic E-state index is 15.4. The Hall–Kier alpha value is -5.14. The summed E-state index contributed by atoms with van der Waals surface area (Å²) in [4.78, 5) is 20.7. The molecule has 1 N–H and O–H groups in total. The summed E-state index contributed by atoms with van der Waals surface area (Å²) < 4.78 is 42.8. The summed E-state index contributed by atoms with van der Waals surface area (Å²) in [5, 5.41) is 18.4. The second-order valence-electron chi connectivity index (χ2n) is 9.99. The third kappa shape index (κ3) is 5.55. The van der Waals surface area contributed by atoms with Crippen LogP contribution in [0.25, 0.3) is 22.3 Å². The average Bonchev–Trinajstić information content (AvgIpc) is 3.30. The Kier molecular flexibility index (Phi) is 7.33. The highest BCUT2D eigenvalue weighted by atomic mass is 19.1. The number of benzene rings is 3. The van der Waals surface area contributed by atoms with Gasteiger partial charge in [0.1, 0.15) is 24.1 Å². The first-order valence-electron chi connectivity index (χ1n) is 13.3. The molecule has 1 fully saturated rings. The van der Waals surface area contributed by atoms with E-state index in [2.05, 4.69) is 4.98 Å². The normalized spacial score (nSPS) is 14.4. The van der Waals surface area contributed by atoms with Crippen molar-refractivity contribution < 1.29 is 28.2 Å². The summed E-state index contributed by atoms with van der Waals surface area (Å²) >= 11 is 0. The molecule has 210 valence electrons. The number of carboxylic acid groups (broad SMARTS) is 1. The van der Waals surface area contributed by atoms with Gasteiger partial charge in [0.2, 0.25) is 5.88 Å². The lowest BCUT2D eigenvalue weighted by atomic mass is 10.1. The van der Waals surface area contributed by atoms with E-state index in [0.29, 0.717) is 47.7 Å². The van der Waals surface area contributed by atoms with Crippen molar-refractivity contribution in [3.8, 4) is 23.2 Å². The lowest BCUT2D eigenvalue weighted by molar-refractivity contribution is -0.0589. The lowest BCUT2D eigenvalue weighted by Crippen LogP contribution is -2.31. The van der Waals surface area contributed by atoms with Crippen LogP contribution in [0, 0.1) is 23.0 Å². The molecule has 10 heteroatoms. The Morgan fingerprint density at radius 3 is 2.64 bits per heavy atom. The number of hydrogen-bond donors (Lipinski definition) is 1. The van der Waals surface area contributed by atoms with E-state index >= 15 is 4.39 Å². The molecule has 8 nitrogen and oxygen atoms in total. The maximum atomic E-state index is 15.4. The molecular formula is C32H24F2N4O4. The number of aromatic nitrogens is 3. The predicted molar refractivity (Wildman–Crippen MR) is 149 cm³/mol. The van der Waals surface area contributed by atoms with Crippen LogP contribution in [0.15, 0.2) is 72.8 Å². The molecule has 2 aromatic heterocycles. The van der Waals surface area contributed by atoms with E-state index in [1.807, 2.05) is 10.6 Å². The standard InChI is InChI=1S/C32H24F2N4O4/c33-25-13-20(16-35)4-6-22(25)18-42-31-3-1-2-27(37-31)24-8-5-19(12-26(24)34)14-30-36-28-9-7-21(32(39)40)15-29(28)38(30)17-23-10-11-41-23/h1-9,12-13,15,23H,10-11,14,17-18H2,(H,39,40). The van der Waals surface area contributed by atoms with Crippen LogP contribution in [-0.4, -0.2) is 38.3 Å². The molecule has 0 bridgehead atoms. The molecule has 1 aliphatic rings. The Morgan fingerprint density at radius 2 is 1.93 bits per heavy atom. The third-order valence-electron chi connectivity index (χ3n) is 7.21. The Morgan fingerprint density at radius 1 is 1.07 bits per heavy atom. The fourth-order valence-corrected chi connectivity index (χ4v) is 4.87. The van der Waals surface area contributed by atoms with Gasteiger partial charge in [-0.25, -0.2) is 23.5 Å². The molecule has 1 aliphatic heterocycles.